The van der Waals surface area contributed by atoms with Crippen molar-refractivity contribution in [3.63, 3.8) is 0 Å². The van der Waals surface area contributed by atoms with Crippen LogP contribution in [0.5, 0.6) is 5.75 Å². The monoisotopic (exact) mass is 264 g/mol. The zero-order valence-electron chi connectivity index (χ0n) is 12.1. The number of ether oxygens (including phenoxy) is 2. The average Bonchev–Trinajstić information content (AvgIpc) is 2.44. The van der Waals surface area contributed by atoms with Crippen molar-refractivity contribution in [3.8, 4) is 5.75 Å². The zero-order chi connectivity index (χ0) is 14.1. The largest absolute Gasteiger partial charge is 0.494 e. The van der Waals surface area contributed by atoms with E-state index >= 15 is 0 Å². The minimum absolute atomic E-state index is 0.166. The molecule has 1 aromatic carbocycles. The molecule has 0 fully saturated rings. The van der Waals surface area contributed by atoms with E-state index in [1.54, 1.807) is 0 Å². The number of rotatable bonds is 8. The van der Waals surface area contributed by atoms with Crippen LogP contribution in [-0.4, -0.2) is 19.2 Å². The van der Waals surface area contributed by atoms with Gasteiger partial charge in [0.2, 0.25) is 0 Å². The molecule has 0 amide bonds. The van der Waals surface area contributed by atoms with Gasteiger partial charge in [-0.15, -0.1) is 0 Å². The Balaban J connectivity index is 2.59. The van der Waals surface area contributed by atoms with Crippen LogP contribution < -0.4 is 4.74 Å². The molecule has 0 aliphatic carbocycles. The van der Waals surface area contributed by atoms with Crippen LogP contribution in [0.3, 0.4) is 0 Å². The first-order valence-electron chi connectivity index (χ1n) is 7.08. The van der Waals surface area contributed by atoms with Crippen molar-refractivity contribution in [3.05, 3.63) is 29.8 Å². The van der Waals surface area contributed by atoms with Crippen LogP contribution in [0.4, 0.5) is 0 Å². The van der Waals surface area contributed by atoms with E-state index in [0.29, 0.717) is 13.2 Å². The lowest BCUT2D eigenvalue weighted by Gasteiger charge is -2.13. The Kier molecular flexibility index (Phi) is 7.01. The van der Waals surface area contributed by atoms with Crippen molar-refractivity contribution < 1.29 is 14.3 Å². The van der Waals surface area contributed by atoms with Crippen molar-refractivity contribution in [2.45, 2.75) is 46.0 Å². The van der Waals surface area contributed by atoms with Gasteiger partial charge in [-0.3, -0.25) is 4.79 Å². The minimum atomic E-state index is -0.248. The van der Waals surface area contributed by atoms with Gasteiger partial charge in [0, 0.05) is 0 Å². The van der Waals surface area contributed by atoms with E-state index in [2.05, 4.69) is 13.8 Å². The summed E-state index contributed by atoms with van der Waals surface area (Å²) >= 11 is 0. The highest BCUT2D eigenvalue weighted by molar-refractivity contribution is 5.77. The summed E-state index contributed by atoms with van der Waals surface area (Å²) in [5.74, 6) is 0.399. The van der Waals surface area contributed by atoms with Gasteiger partial charge in [0.05, 0.1) is 19.1 Å². The summed E-state index contributed by atoms with van der Waals surface area (Å²) < 4.78 is 10.8. The van der Waals surface area contributed by atoms with E-state index in [1.807, 2.05) is 31.2 Å². The van der Waals surface area contributed by atoms with Gasteiger partial charge in [-0.05, 0) is 37.5 Å². The van der Waals surface area contributed by atoms with Gasteiger partial charge in [0.25, 0.3) is 0 Å². The van der Waals surface area contributed by atoms with Crippen LogP contribution in [-0.2, 0) is 9.53 Å². The SMILES string of the molecule is CCCCOC(=O)C(C)c1cccc(OCCC)c1. The Bertz CT molecular complexity index is 387. The second-order valence-corrected chi connectivity index (χ2v) is 4.66. The highest BCUT2D eigenvalue weighted by atomic mass is 16.5. The molecule has 0 saturated heterocycles. The third-order valence-corrected chi connectivity index (χ3v) is 2.93. The van der Waals surface area contributed by atoms with Crippen LogP contribution in [0.1, 0.15) is 51.5 Å². The number of hydrogen-bond donors (Lipinski definition) is 0. The molecule has 0 spiro atoms. The van der Waals surface area contributed by atoms with E-state index in [4.69, 9.17) is 9.47 Å². The number of unbranched alkanes of at least 4 members (excludes halogenated alkanes) is 1. The molecule has 19 heavy (non-hydrogen) atoms. The van der Waals surface area contributed by atoms with E-state index in [9.17, 15) is 4.79 Å². The van der Waals surface area contributed by atoms with Crippen molar-refractivity contribution in [1.29, 1.82) is 0 Å². The minimum Gasteiger partial charge on any atom is -0.494 e. The van der Waals surface area contributed by atoms with E-state index < -0.39 is 0 Å². The molecule has 0 aliphatic rings. The Morgan fingerprint density at radius 1 is 1.21 bits per heavy atom. The molecule has 3 nitrogen and oxygen atoms in total. The van der Waals surface area contributed by atoms with Gasteiger partial charge in [0.1, 0.15) is 5.75 Å². The van der Waals surface area contributed by atoms with Crippen LogP contribution in [0.25, 0.3) is 0 Å². The molecule has 0 N–H and O–H groups in total. The van der Waals surface area contributed by atoms with Crippen molar-refractivity contribution >= 4 is 5.97 Å². The Labute approximate surface area is 115 Å². The Morgan fingerprint density at radius 3 is 2.68 bits per heavy atom. The van der Waals surface area contributed by atoms with Gasteiger partial charge >= 0.3 is 5.97 Å². The van der Waals surface area contributed by atoms with Gasteiger partial charge in [-0.2, -0.15) is 0 Å². The van der Waals surface area contributed by atoms with E-state index in [0.717, 1.165) is 30.6 Å². The molecule has 1 unspecified atom stereocenters. The predicted octanol–water partition coefficient (Wildman–Crippen LogP) is 3.92. The topological polar surface area (TPSA) is 35.5 Å². The second-order valence-electron chi connectivity index (χ2n) is 4.66. The maximum Gasteiger partial charge on any atom is 0.313 e. The summed E-state index contributed by atoms with van der Waals surface area (Å²) in [7, 11) is 0. The third kappa shape index (κ3) is 5.33. The normalized spacial score (nSPS) is 11.9. The molecular weight excluding hydrogens is 240 g/mol. The second kappa shape index (κ2) is 8.57. The summed E-state index contributed by atoms with van der Waals surface area (Å²) in [5.41, 5.74) is 0.940. The summed E-state index contributed by atoms with van der Waals surface area (Å²) in [6.07, 6.45) is 2.92. The molecule has 1 aromatic rings. The lowest BCUT2D eigenvalue weighted by atomic mass is 10.0. The molecule has 0 bridgehead atoms. The average molecular weight is 264 g/mol. The fraction of sp³-hybridized carbons (Fsp3) is 0.562. The first-order chi connectivity index (χ1) is 9.19. The lowest BCUT2D eigenvalue weighted by molar-refractivity contribution is -0.145. The highest BCUT2D eigenvalue weighted by Gasteiger charge is 2.17. The quantitative estimate of drug-likeness (QED) is 0.527. The first-order valence-corrected chi connectivity index (χ1v) is 7.08. The fourth-order valence-corrected chi connectivity index (χ4v) is 1.67. The summed E-state index contributed by atoms with van der Waals surface area (Å²) in [4.78, 5) is 11.9. The molecular formula is C16H24O3. The molecule has 1 rings (SSSR count). The lowest BCUT2D eigenvalue weighted by Crippen LogP contribution is -2.14. The molecule has 0 aromatic heterocycles. The van der Waals surface area contributed by atoms with Crippen LogP contribution in [0.15, 0.2) is 24.3 Å². The highest BCUT2D eigenvalue weighted by Crippen LogP contribution is 2.22. The van der Waals surface area contributed by atoms with Gasteiger partial charge in [0.15, 0.2) is 0 Å². The molecule has 1 atom stereocenters. The van der Waals surface area contributed by atoms with Crippen LogP contribution in [0, 0.1) is 0 Å². The standard InChI is InChI=1S/C16H24O3/c1-4-6-11-19-16(17)13(3)14-8-7-9-15(12-14)18-10-5-2/h7-9,12-13H,4-6,10-11H2,1-3H3. The number of hydrogen-bond acceptors (Lipinski definition) is 3. The molecule has 0 saturated carbocycles. The smallest absolute Gasteiger partial charge is 0.313 e. The predicted molar refractivity (Wildman–Crippen MR) is 76.5 cm³/mol. The number of esters is 1. The van der Waals surface area contributed by atoms with Gasteiger partial charge in [-0.25, -0.2) is 0 Å². The zero-order valence-corrected chi connectivity index (χ0v) is 12.1. The Morgan fingerprint density at radius 2 is 2.00 bits per heavy atom. The summed E-state index contributed by atoms with van der Waals surface area (Å²) in [6.45, 7) is 7.21. The number of benzene rings is 1. The van der Waals surface area contributed by atoms with Crippen LogP contribution >= 0.6 is 0 Å². The fourth-order valence-electron chi connectivity index (χ4n) is 1.67. The van der Waals surface area contributed by atoms with Crippen molar-refractivity contribution in [1.82, 2.24) is 0 Å². The van der Waals surface area contributed by atoms with Gasteiger partial charge < -0.3 is 9.47 Å². The molecule has 3 heteroatoms. The molecule has 0 heterocycles. The maximum absolute atomic E-state index is 11.9. The summed E-state index contributed by atoms with van der Waals surface area (Å²) in [6, 6.07) is 7.68. The van der Waals surface area contributed by atoms with E-state index in [1.165, 1.54) is 0 Å². The van der Waals surface area contributed by atoms with Crippen molar-refractivity contribution in [2.24, 2.45) is 0 Å². The summed E-state index contributed by atoms with van der Waals surface area (Å²) in [5, 5.41) is 0. The molecule has 106 valence electrons. The third-order valence-electron chi connectivity index (χ3n) is 2.93. The number of carbonyl (C=O) groups excluding carboxylic acids is 1. The molecule has 0 radical (unpaired) electrons. The molecule has 0 aliphatic heterocycles. The van der Waals surface area contributed by atoms with Crippen molar-refractivity contribution in [2.75, 3.05) is 13.2 Å². The maximum atomic E-state index is 11.9. The van der Waals surface area contributed by atoms with Crippen LogP contribution in [0.2, 0.25) is 0 Å². The van der Waals surface area contributed by atoms with Gasteiger partial charge in [-0.1, -0.05) is 32.4 Å². The number of carbonyl (C=O) groups is 1. The Hall–Kier alpha value is -1.51. The van der Waals surface area contributed by atoms with E-state index in [-0.39, 0.29) is 11.9 Å². The first kappa shape index (κ1) is 15.5.